The van der Waals surface area contributed by atoms with E-state index in [2.05, 4.69) is 33.9 Å². The molecule has 2 N–H and O–H groups in total. The van der Waals surface area contributed by atoms with Crippen molar-refractivity contribution < 1.29 is 32.3 Å². The summed E-state index contributed by atoms with van der Waals surface area (Å²) in [5, 5.41) is 2.92. The number of rotatable bonds is 7. The molecular formula is C34H45N5O7S. The highest BCUT2D eigenvalue weighted by atomic mass is 32.2. The fraction of sp³-hybridized carbons (Fsp3) is 0.618. The van der Waals surface area contributed by atoms with Crippen molar-refractivity contribution in [2.24, 2.45) is 17.8 Å². The number of nitrogens with zero attached hydrogens (tertiary/aromatic N) is 3. The summed E-state index contributed by atoms with van der Waals surface area (Å²) < 4.78 is 39.3. The van der Waals surface area contributed by atoms with Crippen molar-refractivity contribution in [1.82, 2.24) is 24.9 Å². The second-order valence-electron chi connectivity index (χ2n) is 14.0. The Labute approximate surface area is 276 Å². The number of ether oxygens (including phenoxy) is 2. The molecule has 1 aromatic carbocycles. The lowest BCUT2D eigenvalue weighted by Gasteiger charge is -2.28. The molecule has 2 aliphatic carbocycles. The Morgan fingerprint density at radius 1 is 1.15 bits per heavy atom. The molecule has 6 atom stereocenters. The number of hydrogen-bond acceptors (Lipinski definition) is 9. The summed E-state index contributed by atoms with van der Waals surface area (Å²) in [5.74, 6) is -0.378. The molecule has 3 amide bonds. The lowest BCUT2D eigenvalue weighted by molar-refractivity contribution is -0.140. The molecule has 0 bridgehead atoms. The van der Waals surface area contributed by atoms with Crippen LogP contribution in [0.3, 0.4) is 0 Å². The van der Waals surface area contributed by atoms with E-state index in [1.54, 1.807) is 37.1 Å². The van der Waals surface area contributed by atoms with Gasteiger partial charge < -0.3 is 19.7 Å². The molecule has 1 aromatic heterocycles. The molecule has 1 saturated heterocycles. The Hall–Kier alpha value is -3.74. The number of aromatic nitrogens is 2. The van der Waals surface area contributed by atoms with Crippen LogP contribution in [0.15, 0.2) is 36.5 Å². The predicted octanol–water partition coefficient (Wildman–Crippen LogP) is 3.65. The van der Waals surface area contributed by atoms with Gasteiger partial charge >= 0.3 is 0 Å². The van der Waals surface area contributed by atoms with E-state index < -0.39 is 44.3 Å². The first-order chi connectivity index (χ1) is 22.4. The lowest BCUT2D eigenvalue weighted by atomic mass is 9.91. The first kappa shape index (κ1) is 33.2. The summed E-state index contributed by atoms with van der Waals surface area (Å²) in [6.45, 7) is 6.18. The van der Waals surface area contributed by atoms with Crippen molar-refractivity contribution in [3.63, 3.8) is 0 Å². The van der Waals surface area contributed by atoms with E-state index in [9.17, 15) is 22.8 Å². The second-order valence-corrected chi connectivity index (χ2v) is 16.1. The zero-order chi connectivity index (χ0) is 33.6. The molecule has 2 aromatic rings. The fourth-order valence-electron chi connectivity index (χ4n) is 7.24. The molecule has 2 saturated carbocycles. The van der Waals surface area contributed by atoms with Crippen LogP contribution in [0, 0.1) is 17.8 Å². The largest absolute Gasteiger partial charge is 0.497 e. The number of methoxy groups -OCH3 is 1. The maximum Gasteiger partial charge on any atom is 0.259 e. The number of fused-ring (bicyclic) bond motifs is 3. The Kier molecular flexibility index (Phi) is 8.96. The Balaban J connectivity index is 1.26. The van der Waals surface area contributed by atoms with Crippen molar-refractivity contribution in [3.8, 4) is 11.6 Å². The van der Waals surface area contributed by atoms with Crippen LogP contribution < -0.4 is 19.5 Å². The molecule has 47 heavy (non-hydrogen) atoms. The van der Waals surface area contributed by atoms with Crippen LogP contribution in [-0.4, -0.2) is 77.1 Å². The zero-order valence-electron chi connectivity index (χ0n) is 27.5. The van der Waals surface area contributed by atoms with Crippen molar-refractivity contribution in [1.29, 1.82) is 0 Å². The van der Waals surface area contributed by atoms with Crippen LogP contribution in [0.1, 0.15) is 78.6 Å². The van der Waals surface area contributed by atoms with Gasteiger partial charge in [-0.2, -0.15) is 0 Å². The molecule has 0 unspecified atom stereocenters. The van der Waals surface area contributed by atoms with E-state index in [1.807, 2.05) is 12.2 Å². The number of carbonyl (C=O) groups excluding carboxylic acids is 3. The first-order valence-corrected chi connectivity index (χ1v) is 18.2. The summed E-state index contributed by atoms with van der Waals surface area (Å²) in [5.41, 5.74) is -0.168. The molecule has 3 fully saturated rings. The van der Waals surface area contributed by atoms with Crippen LogP contribution >= 0.6 is 0 Å². The SMILES string of the molecule is CCC1(S(=O)(=O)NC(=O)[C@@]23C[C@H]2/C=C\CC[C@@H](C)C[C@@H](C)CC(=O)N2C[C@H](Oc4cnc5ccc(OC)cc5n4)C[C@H]2C(=O)N3)CC1. The van der Waals surface area contributed by atoms with Crippen LogP contribution in [0.2, 0.25) is 0 Å². The quantitative estimate of drug-likeness (QED) is 0.421. The van der Waals surface area contributed by atoms with E-state index >= 15 is 0 Å². The average Bonchev–Trinajstić information content (AvgIpc) is 3.93. The first-order valence-electron chi connectivity index (χ1n) is 16.7. The molecule has 0 radical (unpaired) electrons. The van der Waals surface area contributed by atoms with E-state index in [0.29, 0.717) is 42.0 Å². The van der Waals surface area contributed by atoms with E-state index in [1.165, 1.54) is 6.20 Å². The monoisotopic (exact) mass is 667 g/mol. The molecule has 2 aliphatic heterocycles. The Bertz CT molecular complexity index is 1690. The van der Waals surface area contributed by atoms with Gasteiger partial charge in [0.2, 0.25) is 27.7 Å². The number of nitrogens with one attached hydrogen (secondary N) is 2. The maximum atomic E-state index is 14.1. The third-order valence-corrected chi connectivity index (χ3v) is 12.7. The third-order valence-electron chi connectivity index (χ3n) is 10.4. The number of hydrogen-bond donors (Lipinski definition) is 2. The highest BCUT2D eigenvalue weighted by molar-refractivity contribution is 7.91. The van der Waals surface area contributed by atoms with Gasteiger partial charge in [-0.1, -0.05) is 32.9 Å². The minimum absolute atomic E-state index is 0.112. The molecule has 4 aliphatic rings. The average molecular weight is 668 g/mol. The minimum atomic E-state index is -3.93. The summed E-state index contributed by atoms with van der Waals surface area (Å²) in [4.78, 5) is 52.1. The van der Waals surface area contributed by atoms with Gasteiger partial charge in [-0.25, -0.2) is 18.4 Å². The summed E-state index contributed by atoms with van der Waals surface area (Å²) in [7, 11) is -2.36. The molecule has 0 spiro atoms. The number of sulfonamides is 1. The molecule has 3 heterocycles. The van der Waals surface area contributed by atoms with Gasteiger partial charge in [0.1, 0.15) is 23.4 Å². The van der Waals surface area contributed by atoms with E-state index in [-0.39, 0.29) is 49.4 Å². The smallest absolute Gasteiger partial charge is 0.259 e. The van der Waals surface area contributed by atoms with Crippen molar-refractivity contribution >= 4 is 38.8 Å². The summed E-state index contributed by atoms with van der Waals surface area (Å²) in [6, 6.07) is 4.44. The standard InChI is InChI=1S/C34H45N5O7S/c1-5-33(12-13-33)47(43,44)38-32(42)34-18-23(34)9-7-6-8-21(2)14-22(3)15-30(40)39-20-25(17-28(39)31(41)37-34)46-29-19-35-26-11-10-24(45-4)16-27(26)36-29/h7,9-11,16,19,21-23,25,28H,5-6,8,12-15,17-18,20H2,1-4H3,(H,37,41)(H,38,42)/b9-7-/t21-,22-,23-,25-,28+,34-/m1/s1. The Morgan fingerprint density at radius 2 is 1.94 bits per heavy atom. The van der Waals surface area contributed by atoms with E-state index in [0.717, 1.165) is 19.3 Å². The highest BCUT2D eigenvalue weighted by Gasteiger charge is 2.63. The van der Waals surface area contributed by atoms with Gasteiger partial charge in [0.15, 0.2) is 0 Å². The van der Waals surface area contributed by atoms with Gasteiger partial charge in [-0.15, -0.1) is 0 Å². The highest BCUT2D eigenvalue weighted by Crippen LogP contribution is 2.49. The number of amides is 3. The van der Waals surface area contributed by atoms with Gasteiger partial charge in [0.05, 0.1) is 35.6 Å². The van der Waals surface area contributed by atoms with Gasteiger partial charge in [0.25, 0.3) is 5.91 Å². The predicted molar refractivity (Wildman–Crippen MR) is 175 cm³/mol. The second kappa shape index (κ2) is 12.7. The minimum Gasteiger partial charge on any atom is -0.497 e. The molecule has 254 valence electrons. The van der Waals surface area contributed by atoms with Gasteiger partial charge in [-0.05, 0) is 68.9 Å². The lowest BCUT2D eigenvalue weighted by Crippen LogP contribution is -2.57. The van der Waals surface area contributed by atoms with Crippen LogP contribution in [-0.2, 0) is 24.4 Å². The van der Waals surface area contributed by atoms with Crippen molar-refractivity contribution in [2.45, 2.75) is 101 Å². The van der Waals surface area contributed by atoms with Crippen LogP contribution in [0.5, 0.6) is 11.6 Å². The van der Waals surface area contributed by atoms with Crippen LogP contribution in [0.4, 0.5) is 0 Å². The van der Waals surface area contributed by atoms with E-state index in [4.69, 9.17) is 9.47 Å². The molecular weight excluding hydrogens is 622 g/mol. The summed E-state index contributed by atoms with van der Waals surface area (Å²) in [6.07, 6.45) is 9.62. The third kappa shape index (κ3) is 6.68. The van der Waals surface area contributed by atoms with Gasteiger partial charge in [-0.3, -0.25) is 19.1 Å². The zero-order valence-corrected chi connectivity index (χ0v) is 28.3. The topological polar surface area (TPSA) is 157 Å². The molecule has 6 rings (SSSR count). The van der Waals surface area contributed by atoms with Gasteiger partial charge in [0, 0.05) is 24.8 Å². The molecule has 13 heteroatoms. The van der Waals surface area contributed by atoms with Crippen LogP contribution in [0.25, 0.3) is 11.0 Å². The van der Waals surface area contributed by atoms with Crippen molar-refractivity contribution in [2.75, 3.05) is 13.7 Å². The van der Waals surface area contributed by atoms with Crippen molar-refractivity contribution in [3.05, 3.63) is 36.5 Å². The normalized spacial score (nSPS) is 31.4. The summed E-state index contributed by atoms with van der Waals surface area (Å²) >= 11 is 0. The fourth-order valence-corrected chi connectivity index (χ4v) is 8.90. The number of allylic oxidation sites excluding steroid dienone is 1. The Morgan fingerprint density at radius 3 is 2.66 bits per heavy atom. The molecule has 12 nitrogen and oxygen atoms in total. The maximum absolute atomic E-state index is 14.1. The number of carbonyl (C=O) groups is 3. The number of benzene rings is 1.